The molecule has 6 nitrogen and oxygen atoms in total. The zero-order valence-electron chi connectivity index (χ0n) is 11.3. The van der Waals surface area contributed by atoms with Gasteiger partial charge in [0.2, 0.25) is 0 Å². The van der Waals surface area contributed by atoms with E-state index in [4.69, 9.17) is 0 Å². The molecule has 106 valence electrons. The molecule has 0 bridgehead atoms. The fourth-order valence-electron chi connectivity index (χ4n) is 2.26. The van der Waals surface area contributed by atoms with Crippen LogP contribution in [0.3, 0.4) is 0 Å². The summed E-state index contributed by atoms with van der Waals surface area (Å²) in [5.41, 5.74) is 3.46. The van der Waals surface area contributed by atoms with Crippen LogP contribution in [0, 0.1) is 0 Å². The lowest BCUT2D eigenvalue weighted by Gasteiger charge is -2.12. The Morgan fingerprint density at radius 3 is 3.25 bits per heavy atom. The van der Waals surface area contributed by atoms with E-state index in [9.17, 15) is 4.79 Å². The van der Waals surface area contributed by atoms with Crippen molar-refractivity contribution < 1.29 is 4.79 Å². The van der Waals surface area contributed by atoms with Crippen molar-refractivity contribution in [3.05, 3.63) is 33.0 Å². The first-order chi connectivity index (χ1) is 9.78. The fraction of sp³-hybridized carbons (Fsp3) is 0.462. The molecule has 1 amide bonds. The van der Waals surface area contributed by atoms with Gasteiger partial charge in [-0.05, 0) is 6.42 Å². The molecule has 0 saturated heterocycles. The lowest BCUT2D eigenvalue weighted by atomic mass is 10.1. The number of nitrogens with zero attached hydrogens (tertiary/aromatic N) is 2. The Morgan fingerprint density at radius 1 is 1.55 bits per heavy atom. The fourth-order valence-corrected chi connectivity index (χ4v) is 3.00. The van der Waals surface area contributed by atoms with Crippen molar-refractivity contribution >= 4 is 17.2 Å². The van der Waals surface area contributed by atoms with E-state index in [1.54, 1.807) is 11.3 Å². The summed E-state index contributed by atoms with van der Waals surface area (Å²) in [5.74, 6) is -0.141. The van der Waals surface area contributed by atoms with Crippen LogP contribution < -0.4 is 10.6 Å². The van der Waals surface area contributed by atoms with Crippen molar-refractivity contribution in [1.82, 2.24) is 25.8 Å². The Labute approximate surface area is 121 Å². The maximum absolute atomic E-state index is 12.2. The van der Waals surface area contributed by atoms with Crippen LogP contribution in [-0.4, -0.2) is 27.6 Å². The highest BCUT2D eigenvalue weighted by atomic mass is 32.1. The lowest BCUT2D eigenvalue weighted by molar-refractivity contribution is 0.0944. The van der Waals surface area contributed by atoms with Crippen molar-refractivity contribution in [2.45, 2.75) is 32.9 Å². The van der Waals surface area contributed by atoms with Crippen molar-refractivity contribution in [2.75, 3.05) is 6.54 Å². The van der Waals surface area contributed by atoms with Crippen LogP contribution in [0.2, 0.25) is 0 Å². The first-order valence-electron chi connectivity index (χ1n) is 6.76. The summed E-state index contributed by atoms with van der Waals surface area (Å²) in [4.78, 5) is 16.6. The molecule has 0 saturated carbocycles. The van der Waals surface area contributed by atoms with E-state index in [1.165, 1.54) is 0 Å². The van der Waals surface area contributed by atoms with Crippen molar-refractivity contribution in [3.63, 3.8) is 0 Å². The van der Waals surface area contributed by atoms with Crippen LogP contribution in [-0.2, 0) is 25.9 Å². The highest BCUT2D eigenvalue weighted by Crippen LogP contribution is 2.15. The number of aromatic amines is 1. The van der Waals surface area contributed by atoms with Crippen molar-refractivity contribution in [2.24, 2.45) is 0 Å². The molecule has 0 spiro atoms. The van der Waals surface area contributed by atoms with E-state index in [1.807, 2.05) is 5.38 Å². The summed E-state index contributed by atoms with van der Waals surface area (Å²) in [7, 11) is 0. The van der Waals surface area contributed by atoms with Gasteiger partial charge in [-0.25, -0.2) is 4.98 Å². The van der Waals surface area contributed by atoms with Crippen LogP contribution in [0.1, 0.15) is 39.4 Å². The van der Waals surface area contributed by atoms with Crippen LogP contribution in [0.15, 0.2) is 5.38 Å². The summed E-state index contributed by atoms with van der Waals surface area (Å²) < 4.78 is 0. The number of thiazole rings is 1. The minimum Gasteiger partial charge on any atom is -0.345 e. The molecule has 0 atom stereocenters. The molecule has 0 unspecified atom stereocenters. The quantitative estimate of drug-likeness (QED) is 0.785. The number of rotatable bonds is 4. The van der Waals surface area contributed by atoms with E-state index >= 15 is 0 Å². The number of aromatic nitrogens is 3. The number of carbonyl (C=O) groups is 1. The SMILES string of the molecule is CCc1nc(CNC(=O)c2n[nH]c3c2CNCC3)cs1. The Morgan fingerprint density at radius 2 is 2.45 bits per heavy atom. The molecule has 0 aromatic carbocycles. The minimum atomic E-state index is -0.141. The average molecular weight is 291 g/mol. The second-order valence-electron chi connectivity index (χ2n) is 4.72. The van der Waals surface area contributed by atoms with Crippen LogP contribution in [0.25, 0.3) is 0 Å². The summed E-state index contributed by atoms with van der Waals surface area (Å²) in [6, 6.07) is 0. The third-order valence-electron chi connectivity index (χ3n) is 3.35. The van der Waals surface area contributed by atoms with Gasteiger partial charge in [0.25, 0.3) is 5.91 Å². The summed E-state index contributed by atoms with van der Waals surface area (Å²) in [6.45, 7) is 4.15. The van der Waals surface area contributed by atoms with Gasteiger partial charge in [0, 0.05) is 36.1 Å². The molecule has 20 heavy (non-hydrogen) atoms. The molecule has 7 heteroatoms. The third-order valence-corrected chi connectivity index (χ3v) is 4.40. The van der Waals surface area contributed by atoms with Crippen LogP contribution in [0.4, 0.5) is 0 Å². The maximum atomic E-state index is 12.2. The van der Waals surface area contributed by atoms with Crippen LogP contribution in [0.5, 0.6) is 0 Å². The molecule has 1 aliphatic heterocycles. The third kappa shape index (κ3) is 2.59. The van der Waals surface area contributed by atoms with Gasteiger partial charge < -0.3 is 10.6 Å². The molecule has 3 N–H and O–H groups in total. The van der Waals surface area contributed by atoms with E-state index in [-0.39, 0.29) is 5.91 Å². The lowest BCUT2D eigenvalue weighted by Crippen LogP contribution is -2.28. The standard InChI is InChI=1S/C13H17N5OS/c1-2-11-16-8(7-20-11)5-15-13(19)12-9-6-14-4-3-10(9)17-18-12/h7,14H,2-6H2,1H3,(H,15,19)(H,17,18). The van der Waals surface area contributed by atoms with Gasteiger partial charge in [0.15, 0.2) is 5.69 Å². The van der Waals surface area contributed by atoms with E-state index in [0.717, 1.165) is 41.3 Å². The van der Waals surface area contributed by atoms with E-state index < -0.39 is 0 Å². The first-order valence-corrected chi connectivity index (χ1v) is 7.64. The number of aryl methyl sites for hydroxylation is 1. The highest BCUT2D eigenvalue weighted by Gasteiger charge is 2.21. The summed E-state index contributed by atoms with van der Waals surface area (Å²) in [6.07, 6.45) is 1.82. The van der Waals surface area contributed by atoms with E-state index in [0.29, 0.717) is 18.8 Å². The number of amides is 1. The number of hydrogen-bond donors (Lipinski definition) is 3. The molecular formula is C13H17N5OS. The number of hydrogen-bond acceptors (Lipinski definition) is 5. The topological polar surface area (TPSA) is 82.7 Å². The Balaban J connectivity index is 1.66. The number of fused-ring (bicyclic) bond motifs is 1. The maximum Gasteiger partial charge on any atom is 0.272 e. The van der Waals surface area contributed by atoms with Gasteiger partial charge in [-0.1, -0.05) is 6.92 Å². The molecule has 3 rings (SSSR count). The number of H-pyrrole nitrogens is 1. The van der Waals surface area contributed by atoms with Crippen molar-refractivity contribution in [3.8, 4) is 0 Å². The number of nitrogens with one attached hydrogen (secondary N) is 3. The van der Waals surface area contributed by atoms with Gasteiger partial charge >= 0.3 is 0 Å². The van der Waals surface area contributed by atoms with E-state index in [2.05, 4.69) is 32.7 Å². The molecule has 1 aliphatic rings. The second kappa shape index (κ2) is 5.72. The molecular weight excluding hydrogens is 274 g/mol. The zero-order chi connectivity index (χ0) is 13.9. The zero-order valence-corrected chi connectivity index (χ0v) is 12.1. The molecule has 3 heterocycles. The Bertz CT molecular complexity index is 618. The minimum absolute atomic E-state index is 0.141. The Kier molecular flexibility index (Phi) is 3.79. The van der Waals surface area contributed by atoms with Gasteiger partial charge in [0.1, 0.15) is 0 Å². The molecule has 0 radical (unpaired) electrons. The molecule has 0 aliphatic carbocycles. The summed E-state index contributed by atoms with van der Waals surface area (Å²) in [5, 5.41) is 16.3. The molecule has 2 aromatic rings. The largest absolute Gasteiger partial charge is 0.345 e. The predicted molar refractivity (Wildman–Crippen MR) is 76.7 cm³/mol. The second-order valence-corrected chi connectivity index (χ2v) is 5.67. The molecule has 2 aromatic heterocycles. The number of carbonyl (C=O) groups excluding carboxylic acids is 1. The highest BCUT2D eigenvalue weighted by molar-refractivity contribution is 7.09. The molecule has 0 fully saturated rings. The Hall–Kier alpha value is -1.73. The van der Waals surface area contributed by atoms with Gasteiger partial charge in [0.05, 0.1) is 17.2 Å². The van der Waals surface area contributed by atoms with Gasteiger partial charge in [-0.3, -0.25) is 9.89 Å². The smallest absolute Gasteiger partial charge is 0.272 e. The monoisotopic (exact) mass is 291 g/mol. The van der Waals surface area contributed by atoms with Crippen LogP contribution >= 0.6 is 11.3 Å². The predicted octanol–water partition coefficient (Wildman–Crippen LogP) is 1.00. The van der Waals surface area contributed by atoms with Gasteiger partial charge in [-0.15, -0.1) is 11.3 Å². The van der Waals surface area contributed by atoms with Gasteiger partial charge in [-0.2, -0.15) is 5.10 Å². The summed E-state index contributed by atoms with van der Waals surface area (Å²) >= 11 is 1.63. The average Bonchev–Trinajstić information content (AvgIpc) is 3.11. The van der Waals surface area contributed by atoms with Crippen molar-refractivity contribution in [1.29, 1.82) is 0 Å². The normalized spacial score (nSPS) is 14.1. The first kappa shape index (κ1) is 13.3.